The Labute approximate surface area is 87.4 Å². The summed E-state index contributed by atoms with van der Waals surface area (Å²) in [7, 11) is 0. The molecule has 0 aliphatic rings. The van der Waals surface area contributed by atoms with Crippen LogP contribution in [-0.4, -0.2) is 5.88 Å². The van der Waals surface area contributed by atoms with Crippen molar-refractivity contribution in [1.29, 1.82) is 0 Å². The molecule has 0 aliphatic carbocycles. The summed E-state index contributed by atoms with van der Waals surface area (Å²) >= 11 is 17.5. The van der Waals surface area contributed by atoms with Gasteiger partial charge in [-0.2, -0.15) is 0 Å². The van der Waals surface area contributed by atoms with E-state index in [1.807, 2.05) is 13.0 Å². The van der Waals surface area contributed by atoms with Crippen LogP contribution in [0.25, 0.3) is 0 Å². The summed E-state index contributed by atoms with van der Waals surface area (Å²) in [5.74, 6) is 0.804. The monoisotopic (exact) mass is 222 g/mol. The Bertz CT molecular complexity index is 270. The maximum absolute atomic E-state index is 5.95. The maximum atomic E-state index is 5.95. The summed E-state index contributed by atoms with van der Waals surface area (Å²) in [6.07, 6.45) is 0. The molecule has 1 unspecified atom stereocenters. The minimum absolute atomic E-state index is 0.248. The lowest BCUT2D eigenvalue weighted by Crippen LogP contribution is -1.95. The van der Waals surface area contributed by atoms with Gasteiger partial charge in [0, 0.05) is 15.9 Å². The average molecular weight is 224 g/mol. The SMILES string of the molecule is CC(CCl)c1cc(Cl)ccc1Cl. The Morgan fingerprint density at radius 3 is 2.58 bits per heavy atom. The number of rotatable bonds is 2. The van der Waals surface area contributed by atoms with E-state index >= 15 is 0 Å². The Kier molecular flexibility index (Phi) is 3.70. The van der Waals surface area contributed by atoms with E-state index in [1.54, 1.807) is 12.1 Å². The maximum Gasteiger partial charge on any atom is 0.0442 e. The number of alkyl halides is 1. The van der Waals surface area contributed by atoms with Crippen LogP contribution in [-0.2, 0) is 0 Å². The summed E-state index contributed by atoms with van der Waals surface area (Å²) < 4.78 is 0. The molecule has 1 rings (SSSR count). The van der Waals surface area contributed by atoms with Crippen molar-refractivity contribution >= 4 is 34.8 Å². The third-order valence-corrected chi connectivity index (χ3v) is 2.76. The van der Waals surface area contributed by atoms with Gasteiger partial charge in [-0.05, 0) is 29.7 Å². The van der Waals surface area contributed by atoms with E-state index in [1.165, 1.54) is 0 Å². The summed E-state index contributed by atoms with van der Waals surface area (Å²) in [6.45, 7) is 2.02. The predicted octanol–water partition coefficient (Wildman–Crippen LogP) is 4.34. The lowest BCUT2D eigenvalue weighted by molar-refractivity contribution is 0.876. The Balaban J connectivity index is 3.04. The molecule has 0 aliphatic heterocycles. The van der Waals surface area contributed by atoms with E-state index in [-0.39, 0.29) is 5.92 Å². The van der Waals surface area contributed by atoms with Gasteiger partial charge >= 0.3 is 0 Å². The number of halogens is 3. The van der Waals surface area contributed by atoms with Crippen LogP contribution in [0, 0.1) is 0 Å². The topological polar surface area (TPSA) is 0 Å². The summed E-state index contributed by atoms with van der Waals surface area (Å²) in [5, 5.41) is 1.43. The molecule has 0 nitrogen and oxygen atoms in total. The smallest absolute Gasteiger partial charge is 0.0442 e. The molecule has 0 radical (unpaired) electrons. The van der Waals surface area contributed by atoms with Gasteiger partial charge in [0.25, 0.3) is 0 Å². The van der Waals surface area contributed by atoms with Crippen molar-refractivity contribution in [3.63, 3.8) is 0 Å². The summed E-state index contributed by atoms with van der Waals surface area (Å²) in [6, 6.07) is 5.42. The number of hydrogen-bond donors (Lipinski definition) is 0. The van der Waals surface area contributed by atoms with Gasteiger partial charge in [0.15, 0.2) is 0 Å². The zero-order valence-electron chi connectivity index (χ0n) is 6.65. The molecule has 0 heterocycles. The van der Waals surface area contributed by atoms with Gasteiger partial charge in [0.05, 0.1) is 0 Å². The first-order valence-electron chi connectivity index (χ1n) is 3.66. The zero-order valence-corrected chi connectivity index (χ0v) is 8.92. The second kappa shape index (κ2) is 4.36. The third-order valence-electron chi connectivity index (χ3n) is 1.72. The standard InChI is InChI=1S/C9H9Cl3/c1-6(5-10)8-4-7(11)2-3-9(8)12/h2-4,6H,5H2,1H3. The van der Waals surface area contributed by atoms with E-state index in [2.05, 4.69) is 0 Å². The van der Waals surface area contributed by atoms with E-state index in [0.717, 1.165) is 10.6 Å². The molecule has 1 atom stereocenters. The fraction of sp³-hybridized carbons (Fsp3) is 0.333. The van der Waals surface area contributed by atoms with Crippen LogP contribution in [0.5, 0.6) is 0 Å². The van der Waals surface area contributed by atoms with Gasteiger partial charge in [-0.1, -0.05) is 30.1 Å². The predicted molar refractivity (Wildman–Crippen MR) is 55.6 cm³/mol. The van der Waals surface area contributed by atoms with Crippen LogP contribution >= 0.6 is 34.8 Å². The zero-order chi connectivity index (χ0) is 9.14. The second-order valence-electron chi connectivity index (χ2n) is 2.72. The highest BCUT2D eigenvalue weighted by Crippen LogP contribution is 2.27. The van der Waals surface area contributed by atoms with Crippen LogP contribution in [0.2, 0.25) is 10.0 Å². The molecule has 3 heteroatoms. The van der Waals surface area contributed by atoms with Gasteiger partial charge in [-0.3, -0.25) is 0 Å². The molecule has 0 spiro atoms. The van der Waals surface area contributed by atoms with Crippen molar-refractivity contribution in [3.05, 3.63) is 33.8 Å². The minimum atomic E-state index is 0.248. The molecule has 0 saturated heterocycles. The molecule has 0 bridgehead atoms. The lowest BCUT2D eigenvalue weighted by atomic mass is 10.0. The number of hydrogen-bond acceptors (Lipinski definition) is 0. The highest BCUT2D eigenvalue weighted by molar-refractivity contribution is 6.33. The fourth-order valence-corrected chi connectivity index (χ4v) is 1.63. The van der Waals surface area contributed by atoms with Gasteiger partial charge < -0.3 is 0 Å². The Morgan fingerprint density at radius 1 is 1.33 bits per heavy atom. The Hall–Kier alpha value is 0.0900. The molecule has 0 N–H and O–H groups in total. The van der Waals surface area contributed by atoms with Crippen molar-refractivity contribution in [2.45, 2.75) is 12.8 Å². The normalized spacial score (nSPS) is 13.0. The molecule has 0 amide bonds. The van der Waals surface area contributed by atoms with Crippen molar-refractivity contribution in [3.8, 4) is 0 Å². The minimum Gasteiger partial charge on any atom is -0.126 e. The van der Waals surface area contributed by atoms with Crippen LogP contribution in [0.4, 0.5) is 0 Å². The summed E-state index contributed by atoms with van der Waals surface area (Å²) in [4.78, 5) is 0. The van der Waals surface area contributed by atoms with Gasteiger partial charge in [0.1, 0.15) is 0 Å². The van der Waals surface area contributed by atoms with Gasteiger partial charge in [-0.25, -0.2) is 0 Å². The molecule has 0 saturated carbocycles. The van der Waals surface area contributed by atoms with E-state index < -0.39 is 0 Å². The third kappa shape index (κ3) is 2.29. The average Bonchev–Trinajstić information content (AvgIpc) is 2.08. The van der Waals surface area contributed by atoms with Crippen molar-refractivity contribution in [2.75, 3.05) is 5.88 Å². The van der Waals surface area contributed by atoms with Crippen molar-refractivity contribution in [2.24, 2.45) is 0 Å². The highest BCUT2D eigenvalue weighted by atomic mass is 35.5. The number of benzene rings is 1. The largest absolute Gasteiger partial charge is 0.126 e. The summed E-state index contributed by atoms with van der Waals surface area (Å²) in [5.41, 5.74) is 1.01. The first-order chi connectivity index (χ1) is 5.65. The lowest BCUT2D eigenvalue weighted by Gasteiger charge is -2.09. The molecule has 0 fully saturated rings. The molecular weight excluding hydrogens is 214 g/mol. The fourth-order valence-electron chi connectivity index (χ4n) is 0.975. The van der Waals surface area contributed by atoms with Crippen molar-refractivity contribution < 1.29 is 0 Å². The molecule has 1 aromatic rings. The molecule has 1 aromatic carbocycles. The van der Waals surface area contributed by atoms with Crippen molar-refractivity contribution in [1.82, 2.24) is 0 Å². The highest BCUT2D eigenvalue weighted by Gasteiger charge is 2.08. The van der Waals surface area contributed by atoms with Gasteiger partial charge in [0.2, 0.25) is 0 Å². The molecular formula is C9H9Cl3. The second-order valence-corrected chi connectivity index (χ2v) is 3.87. The van der Waals surface area contributed by atoms with Crippen LogP contribution in [0.3, 0.4) is 0 Å². The van der Waals surface area contributed by atoms with E-state index in [0.29, 0.717) is 10.9 Å². The Morgan fingerprint density at radius 2 is 2.00 bits per heavy atom. The molecule has 0 aromatic heterocycles. The molecule has 66 valence electrons. The van der Waals surface area contributed by atoms with Crippen LogP contribution in [0.1, 0.15) is 18.4 Å². The first-order valence-corrected chi connectivity index (χ1v) is 4.95. The molecule has 12 heavy (non-hydrogen) atoms. The first kappa shape index (κ1) is 10.2. The van der Waals surface area contributed by atoms with E-state index in [9.17, 15) is 0 Å². The van der Waals surface area contributed by atoms with Gasteiger partial charge in [-0.15, -0.1) is 11.6 Å². The van der Waals surface area contributed by atoms with Crippen LogP contribution < -0.4 is 0 Å². The van der Waals surface area contributed by atoms with Crippen LogP contribution in [0.15, 0.2) is 18.2 Å². The quantitative estimate of drug-likeness (QED) is 0.655. The van der Waals surface area contributed by atoms with E-state index in [4.69, 9.17) is 34.8 Å².